The number of nitrogens with zero attached hydrogens (tertiary/aromatic N) is 1. The minimum Gasteiger partial charge on any atom is -0.468 e. The highest BCUT2D eigenvalue weighted by molar-refractivity contribution is 5.00. The zero-order chi connectivity index (χ0) is 12.9. The van der Waals surface area contributed by atoms with Crippen molar-refractivity contribution in [1.82, 2.24) is 10.2 Å². The normalized spacial score (nSPS) is 15.2. The lowest BCUT2D eigenvalue weighted by Crippen LogP contribution is -2.33. The van der Waals surface area contributed by atoms with Crippen molar-refractivity contribution in [3.8, 4) is 0 Å². The molecule has 0 amide bonds. The van der Waals surface area contributed by atoms with E-state index in [9.17, 15) is 0 Å². The molecule has 3 rings (SSSR count). The Hall–Kier alpha value is -1.52. The van der Waals surface area contributed by atoms with Crippen LogP contribution in [0.4, 0.5) is 0 Å². The molecule has 1 saturated carbocycles. The topological polar surface area (TPSA) is 41.6 Å². The summed E-state index contributed by atoms with van der Waals surface area (Å²) in [6.45, 7) is 3.73. The second-order valence-corrected chi connectivity index (χ2v) is 5.04. The van der Waals surface area contributed by atoms with Crippen molar-refractivity contribution in [2.75, 3.05) is 13.1 Å². The van der Waals surface area contributed by atoms with Gasteiger partial charge in [0.25, 0.3) is 0 Å². The lowest BCUT2D eigenvalue weighted by molar-refractivity contribution is 0.233. The van der Waals surface area contributed by atoms with Crippen molar-refractivity contribution in [1.29, 1.82) is 0 Å². The SMILES string of the molecule is c1coc(CNCCN(Cc2ccco2)C2CC2)c1. The summed E-state index contributed by atoms with van der Waals surface area (Å²) in [5.41, 5.74) is 0. The number of furan rings is 2. The number of nitrogens with one attached hydrogen (secondary N) is 1. The second-order valence-electron chi connectivity index (χ2n) is 5.04. The molecule has 0 aliphatic heterocycles. The molecule has 0 spiro atoms. The van der Waals surface area contributed by atoms with Crippen molar-refractivity contribution < 1.29 is 8.83 Å². The Labute approximate surface area is 113 Å². The molecule has 0 unspecified atom stereocenters. The number of hydrogen-bond acceptors (Lipinski definition) is 4. The van der Waals surface area contributed by atoms with Gasteiger partial charge in [0.2, 0.25) is 0 Å². The van der Waals surface area contributed by atoms with Crippen LogP contribution in [0.1, 0.15) is 24.4 Å². The summed E-state index contributed by atoms with van der Waals surface area (Å²) in [5, 5.41) is 3.41. The summed E-state index contributed by atoms with van der Waals surface area (Å²) in [6.07, 6.45) is 6.10. The fourth-order valence-electron chi connectivity index (χ4n) is 2.28. The minimum absolute atomic E-state index is 0.746. The van der Waals surface area contributed by atoms with Gasteiger partial charge in [0, 0.05) is 19.1 Å². The third kappa shape index (κ3) is 3.72. The van der Waals surface area contributed by atoms with Crippen LogP contribution in [0.3, 0.4) is 0 Å². The molecule has 1 aliphatic rings. The van der Waals surface area contributed by atoms with Gasteiger partial charge in [-0.15, -0.1) is 0 Å². The van der Waals surface area contributed by atoms with Gasteiger partial charge in [-0.3, -0.25) is 4.90 Å². The molecule has 0 saturated heterocycles. The molecule has 0 atom stereocenters. The first-order chi connectivity index (χ1) is 9.42. The van der Waals surface area contributed by atoms with Crippen molar-refractivity contribution >= 4 is 0 Å². The first-order valence-corrected chi connectivity index (χ1v) is 6.91. The standard InChI is InChI=1S/C15H20N2O2/c1-3-14(18-9-1)11-16-7-8-17(13-5-6-13)12-15-4-2-10-19-15/h1-4,9-10,13,16H,5-8,11-12H2. The van der Waals surface area contributed by atoms with E-state index in [1.165, 1.54) is 12.8 Å². The molecule has 1 N–H and O–H groups in total. The molecule has 2 aromatic rings. The van der Waals surface area contributed by atoms with Gasteiger partial charge in [-0.25, -0.2) is 0 Å². The summed E-state index contributed by atoms with van der Waals surface area (Å²) in [7, 11) is 0. The lowest BCUT2D eigenvalue weighted by atomic mass is 10.3. The van der Waals surface area contributed by atoms with E-state index in [1.54, 1.807) is 12.5 Å². The highest BCUT2D eigenvalue weighted by Gasteiger charge is 2.28. The summed E-state index contributed by atoms with van der Waals surface area (Å²) in [6, 6.07) is 8.66. The average Bonchev–Trinajstić information content (AvgIpc) is 2.92. The van der Waals surface area contributed by atoms with Crippen molar-refractivity contribution in [2.24, 2.45) is 0 Å². The summed E-state index contributed by atoms with van der Waals surface area (Å²) >= 11 is 0. The molecule has 19 heavy (non-hydrogen) atoms. The van der Waals surface area contributed by atoms with Gasteiger partial charge in [0.05, 0.1) is 25.6 Å². The molecule has 2 heterocycles. The van der Waals surface area contributed by atoms with Crippen LogP contribution in [0.15, 0.2) is 45.6 Å². The molecule has 1 aliphatic carbocycles. The van der Waals surface area contributed by atoms with E-state index in [-0.39, 0.29) is 0 Å². The van der Waals surface area contributed by atoms with Crippen molar-refractivity contribution in [2.45, 2.75) is 32.0 Å². The van der Waals surface area contributed by atoms with Gasteiger partial charge in [-0.2, -0.15) is 0 Å². The van der Waals surface area contributed by atoms with E-state index in [0.717, 1.165) is 43.7 Å². The molecule has 0 bridgehead atoms. The van der Waals surface area contributed by atoms with Gasteiger partial charge >= 0.3 is 0 Å². The van der Waals surface area contributed by atoms with Crippen LogP contribution >= 0.6 is 0 Å². The Bertz CT molecular complexity index is 460. The maximum atomic E-state index is 5.43. The lowest BCUT2D eigenvalue weighted by Gasteiger charge is -2.20. The maximum absolute atomic E-state index is 5.43. The van der Waals surface area contributed by atoms with Crippen LogP contribution in [0.25, 0.3) is 0 Å². The van der Waals surface area contributed by atoms with E-state index in [4.69, 9.17) is 8.83 Å². The first-order valence-electron chi connectivity index (χ1n) is 6.91. The van der Waals surface area contributed by atoms with Crippen molar-refractivity contribution in [3.63, 3.8) is 0 Å². The van der Waals surface area contributed by atoms with Gasteiger partial charge < -0.3 is 14.2 Å². The Balaban J connectivity index is 1.41. The quantitative estimate of drug-likeness (QED) is 0.741. The average molecular weight is 260 g/mol. The van der Waals surface area contributed by atoms with Crippen LogP contribution in [0.2, 0.25) is 0 Å². The largest absolute Gasteiger partial charge is 0.468 e. The van der Waals surface area contributed by atoms with Crippen LogP contribution < -0.4 is 5.32 Å². The molecular formula is C15H20N2O2. The number of hydrogen-bond donors (Lipinski definition) is 1. The monoisotopic (exact) mass is 260 g/mol. The molecule has 4 nitrogen and oxygen atoms in total. The van der Waals surface area contributed by atoms with E-state index in [1.807, 2.05) is 24.3 Å². The van der Waals surface area contributed by atoms with Gasteiger partial charge in [-0.1, -0.05) is 0 Å². The van der Waals surface area contributed by atoms with E-state index >= 15 is 0 Å². The van der Waals surface area contributed by atoms with Gasteiger partial charge in [-0.05, 0) is 37.1 Å². The zero-order valence-electron chi connectivity index (χ0n) is 11.0. The van der Waals surface area contributed by atoms with Crippen LogP contribution in [0.5, 0.6) is 0 Å². The predicted octanol–water partition coefficient (Wildman–Crippen LogP) is 2.63. The molecule has 0 radical (unpaired) electrons. The molecule has 2 aromatic heterocycles. The van der Waals surface area contributed by atoms with Crippen LogP contribution in [-0.2, 0) is 13.1 Å². The fraction of sp³-hybridized carbons (Fsp3) is 0.467. The van der Waals surface area contributed by atoms with Crippen molar-refractivity contribution in [3.05, 3.63) is 48.3 Å². The second kappa shape index (κ2) is 6.08. The van der Waals surface area contributed by atoms with E-state index < -0.39 is 0 Å². The number of rotatable bonds is 8. The summed E-state index contributed by atoms with van der Waals surface area (Å²) in [4.78, 5) is 2.49. The molecule has 102 valence electrons. The fourth-order valence-corrected chi connectivity index (χ4v) is 2.28. The predicted molar refractivity (Wildman–Crippen MR) is 72.6 cm³/mol. The van der Waals surface area contributed by atoms with Crippen LogP contribution in [-0.4, -0.2) is 24.0 Å². The summed E-state index contributed by atoms with van der Waals surface area (Å²) in [5.74, 6) is 2.04. The highest BCUT2D eigenvalue weighted by Crippen LogP contribution is 2.27. The Kier molecular flexibility index (Phi) is 4.01. The Morgan fingerprint density at radius 1 is 1.11 bits per heavy atom. The van der Waals surface area contributed by atoms with Gasteiger partial charge in [0.15, 0.2) is 0 Å². The zero-order valence-corrected chi connectivity index (χ0v) is 11.0. The molecule has 1 fully saturated rings. The summed E-state index contributed by atoms with van der Waals surface area (Å²) < 4.78 is 10.7. The van der Waals surface area contributed by atoms with Crippen LogP contribution in [0, 0.1) is 0 Å². The third-order valence-electron chi connectivity index (χ3n) is 3.46. The van der Waals surface area contributed by atoms with E-state index in [2.05, 4.69) is 10.2 Å². The van der Waals surface area contributed by atoms with E-state index in [0.29, 0.717) is 0 Å². The minimum atomic E-state index is 0.746. The highest BCUT2D eigenvalue weighted by atomic mass is 16.3. The Morgan fingerprint density at radius 2 is 1.84 bits per heavy atom. The van der Waals surface area contributed by atoms with Gasteiger partial charge in [0.1, 0.15) is 11.5 Å². The Morgan fingerprint density at radius 3 is 2.47 bits per heavy atom. The first kappa shape index (κ1) is 12.5. The maximum Gasteiger partial charge on any atom is 0.117 e. The smallest absolute Gasteiger partial charge is 0.117 e. The molecule has 0 aromatic carbocycles. The third-order valence-corrected chi connectivity index (χ3v) is 3.46. The molecule has 4 heteroatoms. The molecular weight excluding hydrogens is 240 g/mol.